The molecule has 0 aliphatic rings. The Morgan fingerprint density at radius 2 is 0.879 bits per heavy atom. The summed E-state index contributed by atoms with van der Waals surface area (Å²) in [6.45, 7) is 0. The Kier molecular flexibility index (Phi) is 7.40. The number of anilines is 3. The number of thiophene rings is 1. The van der Waals surface area contributed by atoms with Gasteiger partial charge in [0.25, 0.3) is 0 Å². The maximum Gasteiger partial charge on any atom is 0.159 e. The molecule has 58 heavy (non-hydrogen) atoms. The van der Waals surface area contributed by atoms with Crippen molar-refractivity contribution >= 4 is 92.4 Å². The zero-order valence-electron chi connectivity index (χ0n) is 31.2. The van der Waals surface area contributed by atoms with Crippen LogP contribution in [0, 0.1) is 0 Å². The van der Waals surface area contributed by atoms with Crippen LogP contribution in [-0.2, 0) is 0 Å². The topological polar surface area (TPSA) is 29.5 Å². The third-order valence-electron chi connectivity index (χ3n) is 11.5. The molecule has 0 N–H and O–H groups in total. The number of benzene rings is 9. The van der Waals surface area contributed by atoms with E-state index >= 15 is 0 Å². The Morgan fingerprint density at radius 1 is 0.328 bits per heavy atom. The maximum absolute atomic E-state index is 7.00. The summed E-state index contributed by atoms with van der Waals surface area (Å²) in [6.07, 6.45) is 0. The highest BCUT2D eigenvalue weighted by Gasteiger charge is 2.22. The molecular weight excluding hydrogens is 727 g/mol. The van der Waals surface area contributed by atoms with Crippen molar-refractivity contribution in [3.8, 4) is 33.4 Å². The van der Waals surface area contributed by atoms with Crippen LogP contribution in [0.2, 0.25) is 0 Å². The van der Waals surface area contributed by atoms with E-state index in [4.69, 9.17) is 8.83 Å². The van der Waals surface area contributed by atoms with Gasteiger partial charge in [0, 0.05) is 64.2 Å². The molecule has 12 rings (SSSR count). The number of nitrogens with zero attached hydrogens (tertiary/aromatic N) is 1. The van der Waals surface area contributed by atoms with E-state index in [1.165, 1.54) is 25.7 Å². The first-order chi connectivity index (χ1) is 28.8. The van der Waals surface area contributed by atoms with Crippen LogP contribution in [0.3, 0.4) is 0 Å². The lowest BCUT2D eigenvalue weighted by Crippen LogP contribution is -2.10. The third kappa shape index (κ3) is 5.12. The summed E-state index contributed by atoms with van der Waals surface area (Å²) >= 11 is 1.82. The van der Waals surface area contributed by atoms with Crippen molar-refractivity contribution in [2.45, 2.75) is 0 Å². The van der Waals surface area contributed by atoms with Crippen LogP contribution in [0.4, 0.5) is 17.1 Å². The van der Waals surface area contributed by atoms with Crippen molar-refractivity contribution in [3.05, 3.63) is 200 Å². The predicted molar refractivity (Wildman–Crippen MR) is 245 cm³/mol. The number of para-hydroxylation sites is 3. The van der Waals surface area contributed by atoms with E-state index in [1.807, 2.05) is 17.4 Å². The third-order valence-corrected chi connectivity index (χ3v) is 12.6. The Balaban J connectivity index is 1.06. The molecule has 3 nitrogen and oxygen atoms in total. The molecule has 3 heterocycles. The number of furan rings is 2. The molecule has 0 aliphatic carbocycles. The first-order valence-electron chi connectivity index (χ1n) is 19.6. The molecule has 9 aromatic carbocycles. The zero-order chi connectivity index (χ0) is 38.2. The molecule has 0 fully saturated rings. The fraction of sp³-hybridized carbons (Fsp3) is 0. The fourth-order valence-corrected chi connectivity index (χ4v) is 9.90. The van der Waals surface area contributed by atoms with Crippen LogP contribution < -0.4 is 4.90 Å². The van der Waals surface area contributed by atoms with E-state index in [1.54, 1.807) is 0 Å². The van der Waals surface area contributed by atoms with Crippen LogP contribution in [-0.4, -0.2) is 0 Å². The van der Waals surface area contributed by atoms with E-state index in [9.17, 15) is 0 Å². The van der Waals surface area contributed by atoms with Crippen LogP contribution >= 0.6 is 11.3 Å². The van der Waals surface area contributed by atoms with Crippen LogP contribution in [0.25, 0.3) is 97.4 Å². The predicted octanol–water partition coefficient (Wildman–Crippen LogP) is 16.3. The van der Waals surface area contributed by atoms with Crippen molar-refractivity contribution in [3.63, 3.8) is 0 Å². The van der Waals surface area contributed by atoms with Gasteiger partial charge in [-0.2, -0.15) is 0 Å². The zero-order valence-corrected chi connectivity index (χ0v) is 32.0. The number of rotatable bonds is 6. The van der Waals surface area contributed by atoms with E-state index in [0.29, 0.717) is 0 Å². The van der Waals surface area contributed by atoms with Gasteiger partial charge in [-0.25, -0.2) is 0 Å². The number of hydrogen-bond acceptors (Lipinski definition) is 4. The van der Waals surface area contributed by atoms with Crippen molar-refractivity contribution in [2.75, 3.05) is 4.90 Å². The van der Waals surface area contributed by atoms with E-state index in [0.717, 1.165) is 88.8 Å². The Bertz CT molecular complexity index is 3500. The summed E-state index contributed by atoms with van der Waals surface area (Å²) in [7, 11) is 0. The van der Waals surface area contributed by atoms with Gasteiger partial charge in [0.05, 0.1) is 5.69 Å². The van der Waals surface area contributed by atoms with Crippen LogP contribution in [0.5, 0.6) is 0 Å². The maximum atomic E-state index is 7.00. The van der Waals surface area contributed by atoms with Crippen LogP contribution in [0.15, 0.2) is 209 Å². The molecule has 272 valence electrons. The molecule has 0 saturated carbocycles. The number of hydrogen-bond donors (Lipinski definition) is 0. The second kappa shape index (κ2) is 13.1. The van der Waals surface area contributed by atoms with Gasteiger partial charge in [-0.3, -0.25) is 0 Å². The average Bonchev–Trinajstić information content (AvgIpc) is 3.99. The molecule has 12 aromatic rings. The molecule has 0 atom stereocenters. The molecule has 3 aromatic heterocycles. The van der Waals surface area contributed by atoms with Crippen molar-refractivity contribution in [2.24, 2.45) is 0 Å². The molecule has 0 unspecified atom stereocenters. The van der Waals surface area contributed by atoms with Gasteiger partial charge in [0.2, 0.25) is 0 Å². The minimum Gasteiger partial charge on any atom is -0.455 e. The van der Waals surface area contributed by atoms with E-state index in [2.05, 4.69) is 199 Å². The highest BCUT2D eigenvalue weighted by molar-refractivity contribution is 7.26. The van der Waals surface area contributed by atoms with E-state index in [-0.39, 0.29) is 0 Å². The van der Waals surface area contributed by atoms with Gasteiger partial charge < -0.3 is 13.7 Å². The number of fused-ring (bicyclic) bond motifs is 10. The summed E-state index contributed by atoms with van der Waals surface area (Å²) in [5, 5.41) is 6.84. The Morgan fingerprint density at radius 3 is 1.64 bits per heavy atom. The molecule has 4 heteroatoms. The summed E-state index contributed by atoms with van der Waals surface area (Å²) in [5.74, 6) is 0. The lowest BCUT2D eigenvalue weighted by atomic mass is 10.0. The monoisotopic (exact) mass is 759 g/mol. The molecule has 0 spiro atoms. The average molecular weight is 760 g/mol. The van der Waals surface area contributed by atoms with Crippen molar-refractivity contribution in [1.29, 1.82) is 0 Å². The second-order valence-electron chi connectivity index (χ2n) is 14.8. The quantitative estimate of drug-likeness (QED) is 0.169. The molecule has 0 amide bonds. The minimum absolute atomic E-state index is 0.838. The van der Waals surface area contributed by atoms with Gasteiger partial charge >= 0.3 is 0 Å². The van der Waals surface area contributed by atoms with Gasteiger partial charge in [-0.1, -0.05) is 152 Å². The lowest BCUT2D eigenvalue weighted by molar-refractivity contribution is 0.670. The van der Waals surface area contributed by atoms with Crippen LogP contribution in [0.1, 0.15) is 0 Å². The summed E-state index contributed by atoms with van der Waals surface area (Å²) < 4.78 is 16.5. The van der Waals surface area contributed by atoms with Gasteiger partial charge in [-0.05, 0) is 70.8 Å². The molecule has 0 aliphatic heterocycles. The normalized spacial score (nSPS) is 11.8. The highest BCUT2D eigenvalue weighted by atomic mass is 32.1. The lowest BCUT2D eigenvalue weighted by Gasteiger charge is -2.26. The minimum atomic E-state index is 0.838. The van der Waals surface area contributed by atoms with Crippen molar-refractivity contribution in [1.82, 2.24) is 0 Å². The van der Waals surface area contributed by atoms with Gasteiger partial charge in [0.15, 0.2) is 5.58 Å². The SMILES string of the molecule is c1ccc(-c2ccc(N(c3cccc(-c4cccc5c4oc4c5ccc5sc6ccccc6c54)c3)c3cccc4c3oc3c(-c5ccccc5)cccc34)cc2)cc1. The Hall–Kier alpha value is -7.40. The smallest absolute Gasteiger partial charge is 0.159 e. The largest absolute Gasteiger partial charge is 0.455 e. The molecule has 0 bridgehead atoms. The van der Waals surface area contributed by atoms with Crippen molar-refractivity contribution < 1.29 is 8.83 Å². The van der Waals surface area contributed by atoms with Gasteiger partial charge in [-0.15, -0.1) is 11.3 Å². The standard InChI is InChI=1S/C54H33NO2S/c1-3-13-34(14-4-1)35-27-29-38(30-28-35)55(47-25-12-24-44-42-22-10-20-40(51(42)56-53(44)47)36-15-5-2-6-16-36)39-18-9-17-37(33-39)41-21-11-23-43-45-31-32-49-50(54(45)57-52(41)43)46-19-7-8-26-48(46)58-49/h1-33H. The highest BCUT2D eigenvalue weighted by Crippen LogP contribution is 2.47. The molecule has 0 saturated heterocycles. The van der Waals surface area contributed by atoms with Gasteiger partial charge in [0.1, 0.15) is 16.7 Å². The summed E-state index contributed by atoms with van der Waals surface area (Å²) in [6, 6.07) is 71.1. The summed E-state index contributed by atoms with van der Waals surface area (Å²) in [4.78, 5) is 2.32. The fourth-order valence-electron chi connectivity index (χ4n) is 8.79. The molecule has 0 radical (unpaired) electrons. The first-order valence-corrected chi connectivity index (χ1v) is 20.4. The Labute approximate surface area is 338 Å². The summed E-state index contributed by atoms with van der Waals surface area (Å²) in [5.41, 5.74) is 13.2. The first kappa shape index (κ1) is 32.8. The van der Waals surface area contributed by atoms with E-state index < -0.39 is 0 Å². The second-order valence-corrected chi connectivity index (χ2v) is 15.9. The molecular formula is C54H33NO2S.